The van der Waals surface area contributed by atoms with Crippen LogP contribution in [0, 0.1) is 0 Å². The summed E-state index contributed by atoms with van der Waals surface area (Å²) in [5.41, 5.74) is -2.29. The maximum atomic E-state index is 14.6. The SMILES string of the molecule is [B]C([B])=C([B])C(=O)N1C(C)CN(c2nc(=O)n3c4c(c(/C=C/C(Cl)=C(F)\C=C\F)c(C(F)(F)F)cc24)SCC3COC)CC1C. The van der Waals surface area contributed by atoms with E-state index in [0.717, 1.165) is 30.0 Å². The highest BCUT2D eigenvalue weighted by molar-refractivity contribution is 7.99. The molecule has 0 N–H and O–H groups in total. The Labute approximate surface area is 269 Å². The summed E-state index contributed by atoms with van der Waals surface area (Å²) >= 11 is 6.94. The van der Waals surface area contributed by atoms with Crippen molar-refractivity contribution in [3.8, 4) is 0 Å². The van der Waals surface area contributed by atoms with Crippen molar-refractivity contribution in [3.63, 3.8) is 0 Å². The van der Waals surface area contributed by atoms with E-state index in [0.29, 0.717) is 6.08 Å². The number of hydrogen-bond donors (Lipinski definition) is 0. The number of anilines is 1. The van der Waals surface area contributed by atoms with Gasteiger partial charge in [0.2, 0.25) is 5.91 Å². The van der Waals surface area contributed by atoms with E-state index in [1.54, 1.807) is 18.7 Å². The smallest absolute Gasteiger partial charge is 0.383 e. The fourth-order valence-corrected chi connectivity index (χ4v) is 7.01. The lowest BCUT2D eigenvalue weighted by atomic mass is 9.69. The van der Waals surface area contributed by atoms with E-state index in [1.807, 2.05) is 0 Å². The Balaban J connectivity index is 1.97. The van der Waals surface area contributed by atoms with Crippen LogP contribution < -0.4 is 10.6 Å². The Morgan fingerprint density at radius 1 is 1.20 bits per heavy atom. The molecule has 1 aromatic carbocycles. The van der Waals surface area contributed by atoms with Crippen LogP contribution in [0.4, 0.5) is 27.8 Å². The largest absolute Gasteiger partial charge is 0.417 e. The second-order valence-corrected chi connectivity index (χ2v) is 12.0. The molecule has 0 bridgehead atoms. The van der Waals surface area contributed by atoms with Gasteiger partial charge < -0.3 is 14.5 Å². The Hall–Kier alpha value is -2.97. The molecule has 2 aromatic rings. The van der Waals surface area contributed by atoms with Gasteiger partial charge in [-0.05, 0) is 26.0 Å². The lowest BCUT2D eigenvalue weighted by Gasteiger charge is -2.45. The van der Waals surface area contributed by atoms with Crippen molar-refractivity contribution in [2.24, 2.45) is 0 Å². The van der Waals surface area contributed by atoms with Crippen molar-refractivity contribution in [2.45, 2.75) is 43.0 Å². The van der Waals surface area contributed by atoms with E-state index in [9.17, 15) is 31.5 Å². The topological polar surface area (TPSA) is 67.7 Å². The molecule has 3 heterocycles. The van der Waals surface area contributed by atoms with Crippen LogP contribution in [0.15, 0.2) is 55.9 Å². The average molecular weight is 660 g/mol. The number of rotatable bonds is 7. The maximum Gasteiger partial charge on any atom is 0.417 e. The fraction of sp³-hybridized carbons (Fsp3) is 0.393. The van der Waals surface area contributed by atoms with Crippen molar-refractivity contribution in [2.75, 3.05) is 37.5 Å². The van der Waals surface area contributed by atoms with Gasteiger partial charge in [-0.1, -0.05) is 23.1 Å². The maximum absolute atomic E-state index is 14.6. The summed E-state index contributed by atoms with van der Waals surface area (Å²) < 4.78 is 77.0. The number of nitrogens with zero attached hydrogens (tertiary/aromatic N) is 4. The van der Waals surface area contributed by atoms with E-state index >= 15 is 0 Å². The number of alkyl halides is 3. The van der Waals surface area contributed by atoms with Crippen LogP contribution in [-0.2, 0) is 15.7 Å². The molecule has 3 unspecified atom stereocenters. The standard InChI is InChI=1S/C28H25B3ClF5N4O3S/c1-13-9-39(10-14(2)40(13)26(42)21(29)24(30)31)25-17-8-18(28(35,36)37)16(4-5-19(32)20(34)6-7-33)23-22(17)41(27(43)38-25)15(11-44-3)12-45-23/h4-8,13-15H,9-12H2,1-3H3/b5-4+,7-6+,20-19-. The number of hydrogen-bond acceptors (Lipinski definition) is 6. The number of piperazine rings is 1. The van der Waals surface area contributed by atoms with E-state index in [1.165, 1.54) is 16.6 Å². The number of ether oxygens (including phenoxy) is 1. The molecule has 1 aromatic heterocycles. The lowest BCUT2D eigenvalue weighted by Crippen LogP contribution is -2.59. The number of aromatic nitrogens is 2. The lowest BCUT2D eigenvalue weighted by molar-refractivity contribution is -0.137. The van der Waals surface area contributed by atoms with Crippen LogP contribution in [0.2, 0.25) is 0 Å². The quantitative estimate of drug-likeness (QED) is 0.185. The molecule has 0 spiro atoms. The second kappa shape index (κ2) is 13.8. The van der Waals surface area contributed by atoms with Gasteiger partial charge in [-0.3, -0.25) is 9.36 Å². The van der Waals surface area contributed by atoms with Crippen LogP contribution >= 0.6 is 23.4 Å². The zero-order chi connectivity index (χ0) is 33.4. The number of methoxy groups -OCH3 is 1. The Morgan fingerprint density at radius 2 is 1.84 bits per heavy atom. The number of amides is 1. The van der Waals surface area contributed by atoms with Gasteiger partial charge in [-0.25, -0.2) is 13.6 Å². The molecule has 7 nitrogen and oxygen atoms in total. The summed E-state index contributed by atoms with van der Waals surface area (Å²) in [6.07, 6.45) is -2.68. The van der Waals surface area contributed by atoms with Gasteiger partial charge in [0.25, 0.3) is 0 Å². The van der Waals surface area contributed by atoms with Gasteiger partial charge in [-0.15, -0.1) is 11.8 Å². The molecule has 1 fully saturated rings. The van der Waals surface area contributed by atoms with E-state index in [2.05, 4.69) is 4.98 Å². The van der Waals surface area contributed by atoms with Crippen molar-refractivity contribution in [1.82, 2.24) is 14.5 Å². The molecule has 0 saturated carbocycles. The molecule has 2 aliphatic heterocycles. The molecule has 1 saturated heterocycles. The van der Waals surface area contributed by atoms with E-state index < -0.39 is 52.3 Å². The predicted octanol–water partition coefficient (Wildman–Crippen LogP) is 4.73. The summed E-state index contributed by atoms with van der Waals surface area (Å²) in [5, 5.41) is -0.927. The number of halogens is 6. The molecule has 1 amide bonds. The fourth-order valence-electron chi connectivity index (χ4n) is 5.60. The first-order chi connectivity index (χ1) is 21.1. The van der Waals surface area contributed by atoms with Crippen LogP contribution in [0.25, 0.3) is 17.0 Å². The Bertz CT molecular complexity index is 1680. The first kappa shape index (κ1) is 34.9. The molecule has 4 rings (SSSR count). The molecule has 2 aliphatic rings. The number of thioether (sulfide) groups is 1. The summed E-state index contributed by atoms with van der Waals surface area (Å²) in [6.45, 7) is 3.68. The van der Waals surface area contributed by atoms with E-state index in [4.69, 9.17) is 39.9 Å². The number of allylic oxidation sites excluding steroid dienone is 4. The minimum absolute atomic E-state index is 0.00287. The predicted molar refractivity (Wildman–Crippen MR) is 168 cm³/mol. The van der Waals surface area contributed by atoms with Crippen LogP contribution in [-0.4, -0.2) is 88.5 Å². The van der Waals surface area contributed by atoms with Crippen LogP contribution in [0.3, 0.4) is 0 Å². The summed E-state index contributed by atoms with van der Waals surface area (Å²) in [7, 11) is 18.2. The summed E-state index contributed by atoms with van der Waals surface area (Å²) in [5.74, 6) is -1.62. The van der Waals surface area contributed by atoms with Crippen LogP contribution in [0.1, 0.15) is 31.0 Å². The molecule has 6 radical (unpaired) electrons. The first-order valence-corrected chi connectivity index (χ1v) is 14.9. The van der Waals surface area contributed by atoms with Gasteiger partial charge in [0.15, 0.2) is 0 Å². The third kappa shape index (κ3) is 6.92. The number of benzene rings is 1. The van der Waals surface area contributed by atoms with Gasteiger partial charge in [0.05, 0.1) is 50.8 Å². The monoisotopic (exact) mass is 660 g/mol. The number of carbonyl (C=O) groups excluding carboxylic acids is 1. The molecule has 232 valence electrons. The van der Waals surface area contributed by atoms with Gasteiger partial charge >= 0.3 is 11.9 Å². The van der Waals surface area contributed by atoms with Gasteiger partial charge in [-0.2, -0.15) is 23.5 Å². The molecular weight excluding hydrogens is 635 g/mol. The molecule has 17 heteroatoms. The highest BCUT2D eigenvalue weighted by Crippen LogP contribution is 2.47. The third-order valence-corrected chi connectivity index (χ3v) is 9.02. The molecule has 3 atom stereocenters. The average Bonchev–Trinajstić information content (AvgIpc) is 2.96. The van der Waals surface area contributed by atoms with Crippen LogP contribution in [0.5, 0.6) is 0 Å². The van der Waals surface area contributed by atoms with Crippen molar-refractivity contribution in [3.05, 3.63) is 67.9 Å². The van der Waals surface area contributed by atoms with Gasteiger partial charge in [0, 0.05) is 60.0 Å². The Morgan fingerprint density at radius 3 is 2.40 bits per heavy atom. The highest BCUT2D eigenvalue weighted by atomic mass is 35.5. The van der Waals surface area contributed by atoms with Gasteiger partial charge in [0.1, 0.15) is 19.5 Å². The minimum atomic E-state index is -4.89. The normalized spacial score (nSPS) is 21.1. The van der Waals surface area contributed by atoms with Crippen molar-refractivity contribution in [1.29, 1.82) is 0 Å². The highest BCUT2D eigenvalue weighted by Gasteiger charge is 2.40. The first-order valence-electron chi connectivity index (χ1n) is 13.5. The number of carbonyl (C=O) groups is 1. The van der Waals surface area contributed by atoms with E-state index in [-0.39, 0.29) is 69.8 Å². The molecule has 0 aliphatic carbocycles. The minimum Gasteiger partial charge on any atom is -0.383 e. The molecule has 45 heavy (non-hydrogen) atoms. The summed E-state index contributed by atoms with van der Waals surface area (Å²) in [4.78, 5) is 34.0. The molecular formula is C28H25B3ClF5N4O3S. The van der Waals surface area contributed by atoms with Crippen molar-refractivity contribution < 1.29 is 31.5 Å². The Kier molecular flexibility index (Phi) is 10.7. The third-order valence-electron chi connectivity index (χ3n) is 7.46. The second-order valence-electron chi connectivity index (χ2n) is 10.6. The zero-order valence-corrected chi connectivity index (χ0v) is 25.9. The zero-order valence-electron chi connectivity index (χ0n) is 24.4. The summed E-state index contributed by atoms with van der Waals surface area (Å²) in [6, 6.07) is -0.733. The van der Waals surface area contributed by atoms with Crippen molar-refractivity contribution >= 4 is 75.6 Å².